The maximum Gasteiger partial charge on any atom is 0.126 e. The van der Waals surface area contributed by atoms with Gasteiger partial charge < -0.3 is 20.0 Å². The Hall–Kier alpha value is -2.60. The Morgan fingerprint density at radius 3 is 2.60 bits per heavy atom. The van der Waals surface area contributed by atoms with E-state index in [1.807, 2.05) is 19.9 Å². The molecule has 0 aliphatic carbocycles. The van der Waals surface area contributed by atoms with Gasteiger partial charge in [-0.25, -0.2) is 4.39 Å². The minimum absolute atomic E-state index is 0.318. The molecule has 0 saturated carbocycles. The van der Waals surface area contributed by atoms with E-state index in [9.17, 15) is 4.39 Å². The third kappa shape index (κ3) is 3.91. The Balaban J connectivity index is 2.76. The normalized spacial score (nSPS) is 11.1. The molecule has 2 aromatic carbocycles. The van der Waals surface area contributed by atoms with E-state index in [1.165, 1.54) is 18.3 Å². The lowest BCUT2D eigenvalue weighted by Gasteiger charge is -2.20. The average molecular weight is 346 g/mol. The summed E-state index contributed by atoms with van der Waals surface area (Å²) in [5.41, 5.74) is 5.03. The van der Waals surface area contributed by atoms with Gasteiger partial charge in [-0.2, -0.15) is 0 Å². The Morgan fingerprint density at radius 2 is 2.00 bits per heavy atom. The molecule has 0 unspecified atom stereocenters. The van der Waals surface area contributed by atoms with Crippen LogP contribution in [0, 0.1) is 12.7 Å². The van der Waals surface area contributed by atoms with Crippen molar-refractivity contribution in [3.05, 3.63) is 46.8 Å². The maximum absolute atomic E-state index is 13.8. The molecule has 0 spiro atoms. The predicted molar refractivity (Wildman–Crippen MR) is 97.4 cm³/mol. The first-order chi connectivity index (χ1) is 12.1. The molecular formula is C19H23FN2O3. The van der Waals surface area contributed by atoms with Gasteiger partial charge in [-0.15, -0.1) is 0 Å². The highest BCUT2D eigenvalue weighted by atomic mass is 19.1. The summed E-state index contributed by atoms with van der Waals surface area (Å²) in [4.78, 5) is 0. The minimum Gasteiger partial charge on any atom is -0.496 e. The summed E-state index contributed by atoms with van der Waals surface area (Å²) >= 11 is 0. The largest absolute Gasteiger partial charge is 0.496 e. The SMILES string of the molecule is CCc1c(-c2cc(F)ccc2OC)cc(/C=N/O)c(NCOC)c1C. The van der Waals surface area contributed by atoms with Gasteiger partial charge in [0.1, 0.15) is 18.3 Å². The highest BCUT2D eigenvalue weighted by Crippen LogP contribution is 2.38. The molecule has 0 aliphatic rings. The van der Waals surface area contributed by atoms with Gasteiger partial charge >= 0.3 is 0 Å². The Morgan fingerprint density at radius 1 is 1.24 bits per heavy atom. The van der Waals surface area contributed by atoms with E-state index in [0.29, 0.717) is 23.6 Å². The van der Waals surface area contributed by atoms with Crippen LogP contribution < -0.4 is 10.1 Å². The van der Waals surface area contributed by atoms with E-state index in [1.54, 1.807) is 20.3 Å². The summed E-state index contributed by atoms with van der Waals surface area (Å²) in [6.07, 6.45) is 2.10. The molecule has 0 bridgehead atoms. The van der Waals surface area contributed by atoms with E-state index >= 15 is 0 Å². The number of benzene rings is 2. The van der Waals surface area contributed by atoms with Crippen molar-refractivity contribution in [1.29, 1.82) is 0 Å². The van der Waals surface area contributed by atoms with E-state index in [4.69, 9.17) is 14.7 Å². The van der Waals surface area contributed by atoms with Gasteiger partial charge in [0.25, 0.3) is 0 Å². The molecule has 6 heteroatoms. The number of methoxy groups -OCH3 is 2. The first-order valence-electron chi connectivity index (χ1n) is 7.97. The van der Waals surface area contributed by atoms with Crippen LogP contribution in [0.25, 0.3) is 11.1 Å². The van der Waals surface area contributed by atoms with E-state index in [0.717, 1.165) is 28.8 Å². The molecule has 2 N–H and O–H groups in total. The van der Waals surface area contributed by atoms with Gasteiger partial charge in [-0.05, 0) is 54.3 Å². The van der Waals surface area contributed by atoms with Crippen LogP contribution in [-0.4, -0.2) is 32.4 Å². The zero-order chi connectivity index (χ0) is 18.4. The highest BCUT2D eigenvalue weighted by Gasteiger charge is 2.17. The lowest BCUT2D eigenvalue weighted by atomic mass is 9.90. The van der Waals surface area contributed by atoms with Crippen molar-refractivity contribution in [3.8, 4) is 16.9 Å². The fourth-order valence-corrected chi connectivity index (χ4v) is 3.01. The molecule has 2 aromatic rings. The number of rotatable bonds is 7. The number of nitrogens with one attached hydrogen (secondary N) is 1. The van der Waals surface area contributed by atoms with Crippen LogP contribution in [0.15, 0.2) is 29.4 Å². The Labute approximate surface area is 147 Å². The van der Waals surface area contributed by atoms with Crippen molar-refractivity contribution in [1.82, 2.24) is 0 Å². The van der Waals surface area contributed by atoms with E-state index in [-0.39, 0.29) is 5.82 Å². The molecule has 5 nitrogen and oxygen atoms in total. The third-order valence-corrected chi connectivity index (χ3v) is 4.14. The van der Waals surface area contributed by atoms with Gasteiger partial charge in [0.05, 0.1) is 13.3 Å². The number of ether oxygens (including phenoxy) is 2. The number of anilines is 1. The zero-order valence-corrected chi connectivity index (χ0v) is 14.9. The number of hydrogen-bond donors (Lipinski definition) is 2. The van der Waals surface area contributed by atoms with Crippen LogP contribution in [0.4, 0.5) is 10.1 Å². The Kier molecular flexibility index (Phi) is 6.36. The van der Waals surface area contributed by atoms with E-state index in [2.05, 4.69) is 10.5 Å². The number of nitrogens with zero attached hydrogens (tertiary/aromatic N) is 1. The third-order valence-electron chi connectivity index (χ3n) is 4.14. The summed E-state index contributed by atoms with van der Waals surface area (Å²) in [7, 11) is 3.15. The molecular weight excluding hydrogens is 323 g/mol. The second kappa shape index (κ2) is 8.48. The highest BCUT2D eigenvalue weighted by molar-refractivity contribution is 5.93. The molecule has 2 rings (SSSR count). The van der Waals surface area contributed by atoms with Crippen LogP contribution in [-0.2, 0) is 11.2 Å². The maximum atomic E-state index is 13.8. The molecule has 0 atom stereocenters. The molecule has 0 amide bonds. The smallest absolute Gasteiger partial charge is 0.126 e. The van der Waals surface area contributed by atoms with Gasteiger partial charge in [0.2, 0.25) is 0 Å². The lowest BCUT2D eigenvalue weighted by Crippen LogP contribution is -2.10. The monoisotopic (exact) mass is 346 g/mol. The number of hydrogen-bond acceptors (Lipinski definition) is 5. The standard InChI is InChI=1S/C19H23FN2O3/c1-5-15-12(2)19(21-11-24-3)13(10-22-23)8-16(15)17-9-14(20)6-7-18(17)25-4/h6-10,21,23H,5,11H2,1-4H3/b22-10+. The molecule has 0 aromatic heterocycles. The molecule has 25 heavy (non-hydrogen) atoms. The fraction of sp³-hybridized carbons (Fsp3) is 0.316. The molecule has 0 aliphatic heterocycles. The summed E-state index contributed by atoms with van der Waals surface area (Å²) in [6, 6.07) is 6.29. The minimum atomic E-state index is -0.338. The van der Waals surface area contributed by atoms with Crippen molar-refractivity contribution in [3.63, 3.8) is 0 Å². The van der Waals surface area contributed by atoms with Crippen LogP contribution in [0.2, 0.25) is 0 Å². The fourth-order valence-electron chi connectivity index (χ4n) is 3.01. The molecule has 0 saturated heterocycles. The van der Waals surface area contributed by atoms with Crippen molar-refractivity contribution in [2.45, 2.75) is 20.3 Å². The second-order valence-corrected chi connectivity index (χ2v) is 5.54. The number of oxime groups is 1. The van der Waals surface area contributed by atoms with Crippen LogP contribution in [0.5, 0.6) is 5.75 Å². The quantitative estimate of drug-likeness (QED) is 0.341. The van der Waals surface area contributed by atoms with Crippen LogP contribution in [0.3, 0.4) is 0 Å². The average Bonchev–Trinajstić information content (AvgIpc) is 2.61. The van der Waals surface area contributed by atoms with Crippen LogP contribution >= 0.6 is 0 Å². The zero-order valence-electron chi connectivity index (χ0n) is 14.9. The molecule has 0 fully saturated rings. The van der Waals surface area contributed by atoms with Crippen molar-refractivity contribution >= 4 is 11.9 Å². The van der Waals surface area contributed by atoms with Crippen molar-refractivity contribution in [2.75, 3.05) is 26.3 Å². The summed E-state index contributed by atoms with van der Waals surface area (Å²) in [5, 5.41) is 15.4. The topological polar surface area (TPSA) is 63.1 Å². The van der Waals surface area contributed by atoms with Gasteiger partial charge in [0, 0.05) is 23.9 Å². The molecule has 0 radical (unpaired) electrons. The predicted octanol–water partition coefficient (Wildman–Crippen LogP) is 4.20. The van der Waals surface area contributed by atoms with Gasteiger partial charge in [-0.1, -0.05) is 12.1 Å². The van der Waals surface area contributed by atoms with Crippen molar-refractivity contribution in [2.24, 2.45) is 5.16 Å². The summed E-state index contributed by atoms with van der Waals surface area (Å²) in [5.74, 6) is 0.245. The van der Waals surface area contributed by atoms with Crippen molar-refractivity contribution < 1.29 is 19.1 Å². The Bertz CT molecular complexity index is 776. The van der Waals surface area contributed by atoms with E-state index < -0.39 is 0 Å². The first-order valence-corrected chi connectivity index (χ1v) is 7.97. The number of halogens is 1. The van der Waals surface area contributed by atoms with Gasteiger partial charge in [-0.3, -0.25) is 0 Å². The lowest BCUT2D eigenvalue weighted by molar-refractivity contribution is 0.221. The molecule has 0 heterocycles. The van der Waals surface area contributed by atoms with Crippen LogP contribution in [0.1, 0.15) is 23.6 Å². The molecule has 134 valence electrons. The summed E-state index contributed by atoms with van der Waals surface area (Å²) in [6.45, 7) is 4.33. The second-order valence-electron chi connectivity index (χ2n) is 5.54. The first kappa shape index (κ1) is 18.7. The van der Waals surface area contributed by atoms with Gasteiger partial charge in [0.15, 0.2) is 0 Å². The summed E-state index contributed by atoms with van der Waals surface area (Å²) < 4.78 is 24.3.